The van der Waals surface area contributed by atoms with Gasteiger partial charge in [0.25, 0.3) is 0 Å². The lowest BCUT2D eigenvalue weighted by atomic mass is 10.1. The van der Waals surface area contributed by atoms with Crippen LogP contribution in [0.3, 0.4) is 0 Å². The first kappa shape index (κ1) is 18.5. The van der Waals surface area contributed by atoms with Crippen molar-refractivity contribution >= 4 is 19.3 Å². The van der Waals surface area contributed by atoms with E-state index < -0.39 is 8.07 Å². The quantitative estimate of drug-likeness (QED) is 0.432. The van der Waals surface area contributed by atoms with Crippen molar-refractivity contribution in [3.63, 3.8) is 0 Å². The van der Waals surface area contributed by atoms with E-state index in [0.29, 0.717) is 0 Å². The SMILES string of the molecule is C=Cc1ccc(C#Cc2ccccc2[Si](C)(C)C#Cc2ccccc2)cc1. The Hall–Kier alpha value is -3.26. The van der Waals surface area contributed by atoms with Gasteiger partial charge in [0.15, 0.2) is 8.07 Å². The van der Waals surface area contributed by atoms with Crippen LogP contribution in [0.25, 0.3) is 6.08 Å². The Balaban J connectivity index is 1.93. The summed E-state index contributed by atoms with van der Waals surface area (Å²) in [5.74, 6) is 10.0. The van der Waals surface area contributed by atoms with Gasteiger partial charge in [-0.3, -0.25) is 0 Å². The number of hydrogen-bond acceptors (Lipinski definition) is 0. The van der Waals surface area contributed by atoms with Crippen LogP contribution in [0.4, 0.5) is 0 Å². The average molecular weight is 363 g/mol. The van der Waals surface area contributed by atoms with E-state index in [1.54, 1.807) is 0 Å². The maximum atomic E-state index is 3.79. The molecule has 130 valence electrons. The van der Waals surface area contributed by atoms with E-state index in [4.69, 9.17) is 0 Å². The normalized spacial score (nSPS) is 10.1. The Morgan fingerprint density at radius 2 is 1.33 bits per heavy atom. The summed E-state index contributed by atoms with van der Waals surface area (Å²) in [5.41, 5.74) is 7.80. The monoisotopic (exact) mass is 362 g/mol. The lowest BCUT2D eigenvalue weighted by Gasteiger charge is -2.17. The van der Waals surface area contributed by atoms with E-state index in [9.17, 15) is 0 Å². The Labute approximate surface area is 163 Å². The third-order valence-corrected chi connectivity index (χ3v) is 6.91. The molecule has 0 aromatic heterocycles. The molecular weight excluding hydrogens is 340 g/mol. The van der Waals surface area contributed by atoms with Gasteiger partial charge in [-0.05, 0) is 41.1 Å². The Morgan fingerprint density at radius 1 is 0.704 bits per heavy atom. The van der Waals surface area contributed by atoms with E-state index in [1.807, 2.05) is 54.6 Å². The molecule has 0 spiro atoms. The van der Waals surface area contributed by atoms with E-state index in [-0.39, 0.29) is 0 Å². The highest BCUT2D eigenvalue weighted by Gasteiger charge is 2.23. The minimum absolute atomic E-state index is 1.00. The van der Waals surface area contributed by atoms with Crippen molar-refractivity contribution in [3.8, 4) is 23.3 Å². The van der Waals surface area contributed by atoms with E-state index in [2.05, 4.69) is 73.3 Å². The summed E-state index contributed by atoms with van der Waals surface area (Å²) < 4.78 is 0. The summed E-state index contributed by atoms with van der Waals surface area (Å²) >= 11 is 0. The van der Waals surface area contributed by atoms with Crippen LogP contribution >= 0.6 is 0 Å². The van der Waals surface area contributed by atoms with E-state index in [0.717, 1.165) is 22.3 Å². The predicted octanol–water partition coefficient (Wildman–Crippen LogP) is 5.24. The van der Waals surface area contributed by atoms with Gasteiger partial charge in [-0.25, -0.2) is 0 Å². The smallest absolute Gasteiger partial charge is 0.121 e. The third-order valence-electron chi connectivity index (χ3n) is 4.38. The molecule has 0 saturated heterocycles. The molecule has 0 atom stereocenters. The largest absolute Gasteiger partial charge is 0.164 e. The maximum absolute atomic E-state index is 3.79. The molecule has 3 aromatic carbocycles. The molecule has 0 aliphatic rings. The van der Waals surface area contributed by atoms with Gasteiger partial charge >= 0.3 is 0 Å². The molecule has 0 saturated carbocycles. The number of hydrogen-bond donors (Lipinski definition) is 0. The Kier molecular flexibility index (Phi) is 5.77. The second kappa shape index (κ2) is 8.41. The average Bonchev–Trinajstić information content (AvgIpc) is 2.72. The summed E-state index contributed by atoms with van der Waals surface area (Å²) in [6.45, 7) is 8.35. The topological polar surface area (TPSA) is 0 Å². The fourth-order valence-corrected chi connectivity index (χ4v) is 4.72. The summed E-state index contributed by atoms with van der Waals surface area (Å²) in [5, 5.41) is 1.28. The lowest BCUT2D eigenvalue weighted by molar-refractivity contribution is 1.61. The zero-order chi connectivity index (χ0) is 19.1. The molecule has 0 bridgehead atoms. The highest BCUT2D eigenvalue weighted by atomic mass is 28.3. The molecule has 0 aliphatic carbocycles. The Bertz CT molecular complexity index is 1050. The molecule has 1 heteroatoms. The van der Waals surface area contributed by atoms with Crippen LogP contribution in [0.15, 0.2) is 85.4 Å². The molecule has 0 unspecified atom stereocenters. The van der Waals surface area contributed by atoms with Crippen LogP contribution < -0.4 is 5.19 Å². The molecule has 0 N–H and O–H groups in total. The van der Waals surface area contributed by atoms with Crippen LogP contribution in [-0.2, 0) is 0 Å². The minimum Gasteiger partial charge on any atom is -0.121 e. The summed E-state index contributed by atoms with van der Waals surface area (Å²) in [6.07, 6.45) is 1.84. The fourth-order valence-electron chi connectivity index (χ4n) is 2.80. The van der Waals surface area contributed by atoms with Crippen molar-refractivity contribution in [1.82, 2.24) is 0 Å². The van der Waals surface area contributed by atoms with E-state index >= 15 is 0 Å². The predicted molar refractivity (Wildman–Crippen MR) is 119 cm³/mol. The molecule has 0 aliphatic heterocycles. The molecule has 3 aromatic rings. The van der Waals surface area contributed by atoms with Crippen molar-refractivity contribution in [2.24, 2.45) is 0 Å². The lowest BCUT2D eigenvalue weighted by Crippen LogP contribution is -2.42. The van der Waals surface area contributed by atoms with Gasteiger partial charge in [0, 0.05) is 16.7 Å². The van der Waals surface area contributed by atoms with Crippen molar-refractivity contribution < 1.29 is 0 Å². The van der Waals surface area contributed by atoms with Crippen molar-refractivity contribution in [3.05, 3.63) is 108 Å². The maximum Gasteiger partial charge on any atom is 0.164 e. The first-order valence-electron chi connectivity index (χ1n) is 9.01. The summed E-state index contributed by atoms with van der Waals surface area (Å²) in [4.78, 5) is 0. The zero-order valence-corrected chi connectivity index (χ0v) is 16.8. The van der Waals surface area contributed by atoms with Gasteiger partial charge < -0.3 is 0 Å². The second-order valence-corrected chi connectivity index (χ2v) is 10.9. The van der Waals surface area contributed by atoms with Gasteiger partial charge in [0.05, 0.1) is 0 Å². The first-order valence-corrected chi connectivity index (χ1v) is 12.0. The van der Waals surface area contributed by atoms with Crippen molar-refractivity contribution in [2.75, 3.05) is 0 Å². The molecule has 0 nitrogen and oxygen atoms in total. The van der Waals surface area contributed by atoms with Gasteiger partial charge in [-0.1, -0.05) is 92.0 Å². The van der Waals surface area contributed by atoms with Crippen LogP contribution in [0.5, 0.6) is 0 Å². The van der Waals surface area contributed by atoms with Crippen LogP contribution in [0.2, 0.25) is 13.1 Å². The molecule has 0 heterocycles. The molecule has 0 fully saturated rings. The first-order chi connectivity index (χ1) is 13.1. The van der Waals surface area contributed by atoms with Crippen LogP contribution in [-0.4, -0.2) is 8.07 Å². The molecule has 3 rings (SSSR count). The van der Waals surface area contributed by atoms with Gasteiger partial charge in [-0.2, -0.15) is 0 Å². The highest BCUT2D eigenvalue weighted by molar-refractivity contribution is 6.96. The second-order valence-electron chi connectivity index (χ2n) is 6.86. The number of benzene rings is 3. The van der Waals surface area contributed by atoms with Crippen molar-refractivity contribution in [1.29, 1.82) is 0 Å². The third kappa shape index (κ3) is 4.89. The zero-order valence-electron chi connectivity index (χ0n) is 15.8. The molecular formula is C26H22Si. The molecule has 0 radical (unpaired) electrons. The molecule has 0 amide bonds. The standard InChI is InChI=1S/C26H22Si/c1-4-22-14-16-24(17-15-22)18-19-25-12-8-9-13-26(25)27(2,3)21-20-23-10-6-5-7-11-23/h4-17H,1H2,2-3H3. The highest BCUT2D eigenvalue weighted by Crippen LogP contribution is 2.09. The summed E-state index contributed by atoms with van der Waals surface area (Å²) in [6, 6.07) is 26.7. The fraction of sp³-hybridized carbons (Fsp3) is 0.0769. The number of rotatable bonds is 2. The Morgan fingerprint density at radius 3 is 2.04 bits per heavy atom. The van der Waals surface area contributed by atoms with Crippen LogP contribution in [0.1, 0.15) is 22.3 Å². The van der Waals surface area contributed by atoms with Gasteiger partial charge in [-0.15, -0.1) is 5.54 Å². The minimum atomic E-state index is -1.94. The van der Waals surface area contributed by atoms with Gasteiger partial charge in [0.2, 0.25) is 0 Å². The summed E-state index contributed by atoms with van der Waals surface area (Å²) in [7, 11) is -1.94. The molecule has 27 heavy (non-hydrogen) atoms. The van der Waals surface area contributed by atoms with Crippen molar-refractivity contribution in [2.45, 2.75) is 13.1 Å². The van der Waals surface area contributed by atoms with Crippen LogP contribution in [0, 0.1) is 23.3 Å². The van der Waals surface area contributed by atoms with Gasteiger partial charge in [0.1, 0.15) is 0 Å². The van der Waals surface area contributed by atoms with E-state index in [1.165, 1.54) is 5.19 Å².